The van der Waals surface area contributed by atoms with Crippen LogP contribution in [0.2, 0.25) is 0 Å². The molecule has 0 saturated heterocycles. The summed E-state index contributed by atoms with van der Waals surface area (Å²) < 4.78 is 1.12. The molecule has 0 aromatic heterocycles. The summed E-state index contributed by atoms with van der Waals surface area (Å²) in [4.78, 5) is 0. The number of rotatable bonds is 2. The van der Waals surface area contributed by atoms with Gasteiger partial charge in [-0.15, -0.1) is 0 Å². The maximum atomic E-state index is 4.06. The molecule has 0 aliphatic heterocycles. The number of hydrogen-bond acceptors (Lipinski definition) is 0. The standard InChI is InChI=1S/C38H35Br/c1-37(2,3)26-19-15-24(16-20-26)32-23-33(39)34(25-17-21-27(22-18-25)38(4,5)6)36-31-14-10-8-12-29(31)28-11-7-9-13-30(28)35(32)36/h7-23H,1-6H3. The van der Waals surface area contributed by atoms with Crippen LogP contribution in [0.1, 0.15) is 52.7 Å². The Kier molecular flexibility index (Phi) is 6.19. The van der Waals surface area contributed by atoms with Gasteiger partial charge in [-0.1, -0.05) is 155 Å². The van der Waals surface area contributed by atoms with Gasteiger partial charge in [0.1, 0.15) is 0 Å². The van der Waals surface area contributed by atoms with Crippen molar-refractivity contribution in [2.24, 2.45) is 0 Å². The molecule has 0 N–H and O–H groups in total. The van der Waals surface area contributed by atoms with Gasteiger partial charge in [-0.25, -0.2) is 0 Å². The van der Waals surface area contributed by atoms with E-state index in [1.54, 1.807) is 0 Å². The van der Waals surface area contributed by atoms with Gasteiger partial charge in [0.25, 0.3) is 0 Å². The molecule has 6 aromatic carbocycles. The van der Waals surface area contributed by atoms with Crippen LogP contribution in [0, 0.1) is 0 Å². The van der Waals surface area contributed by atoms with E-state index in [-0.39, 0.29) is 10.8 Å². The van der Waals surface area contributed by atoms with E-state index in [0.717, 1.165) is 4.47 Å². The van der Waals surface area contributed by atoms with E-state index >= 15 is 0 Å². The van der Waals surface area contributed by atoms with E-state index in [0.29, 0.717) is 0 Å². The quantitative estimate of drug-likeness (QED) is 0.181. The largest absolute Gasteiger partial charge is 0.0616 e. The van der Waals surface area contributed by atoms with E-state index in [4.69, 9.17) is 0 Å². The predicted molar refractivity (Wildman–Crippen MR) is 175 cm³/mol. The molecule has 39 heavy (non-hydrogen) atoms. The first-order valence-corrected chi connectivity index (χ1v) is 14.6. The Morgan fingerprint density at radius 1 is 0.462 bits per heavy atom. The van der Waals surface area contributed by atoms with Crippen LogP contribution in [-0.4, -0.2) is 0 Å². The molecule has 0 unspecified atom stereocenters. The van der Waals surface area contributed by atoms with Gasteiger partial charge in [0.05, 0.1) is 0 Å². The second-order valence-corrected chi connectivity index (χ2v) is 13.6. The molecule has 0 heterocycles. The molecule has 6 rings (SSSR count). The predicted octanol–water partition coefficient (Wildman–Crippen LogP) is 11.8. The van der Waals surface area contributed by atoms with Crippen molar-refractivity contribution < 1.29 is 0 Å². The fourth-order valence-corrected chi connectivity index (χ4v) is 6.52. The van der Waals surface area contributed by atoms with Crippen molar-refractivity contribution in [1.82, 2.24) is 0 Å². The SMILES string of the molecule is CC(C)(C)c1ccc(-c2cc(Br)c(-c3ccc(C(C)(C)C)cc3)c3c4ccccc4c4ccccc4c23)cc1. The summed E-state index contributed by atoms with van der Waals surface area (Å²) in [6.07, 6.45) is 0. The van der Waals surface area contributed by atoms with Crippen molar-refractivity contribution in [2.45, 2.75) is 52.4 Å². The van der Waals surface area contributed by atoms with Crippen LogP contribution in [0.5, 0.6) is 0 Å². The fourth-order valence-electron chi connectivity index (χ4n) is 5.87. The molecule has 0 nitrogen and oxygen atoms in total. The number of hydrogen-bond donors (Lipinski definition) is 0. The minimum Gasteiger partial charge on any atom is -0.0616 e. The Bertz CT molecular complexity index is 1840. The topological polar surface area (TPSA) is 0 Å². The second-order valence-electron chi connectivity index (χ2n) is 12.8. The summed E-state index contributed by atoms with van der Waals surface area (Å²) in [5.74, 6) is 0. The third-order valence-corrected chi connectivity index (χ3v) is 8.69. The maximum Gasteiger partial charge on any atom is 0.0266 e. The van der Waals surface area contributed by atoms with Crippen LogP contribution in [0.25, 0.3) is 54.6 Å². The highest BCUT2D eigenvalue weighted by Crippen LogP contribution is 2.48. The molecule has 0 aliphatic carbocycles. The van der Waals surface area contributed by atoms with E-state index in [1.807, 2.05) is 0 Å². The summed E-state index contributed by atoms with van der Waals surface area (Å²) in [6, 6.07) is 38.4. The van der Waals surface area contributed by atoms with Gasteiger partial charge in [-0.3, -0.25) is 0 Å². The Balaban J connectivity index is 1.76. The van der Waals surface area contributed by atoms with E-state index < -0.39 is 0 Å². The normalized spacial score (nSPS) is 12.5. The zero-order valence-electron chi connectivity index (χ0n) is 23.7. The summed E-state index contributed by atoms with van der Waals surface area (Å²) in [7, 11) is 0. The summed E-state index contributed by atoms with van der Waals surface area (Å²) >= 11 is 4.06. The van der Waals surface area contributed by atoms with Gasteiger partial charge >= 0.3 is 0 Å². The number of benzene rings is 6. The van der Waals surface area contributed by atoms with Crippen LogP contribution < -0.4 is 0 Å². The third-order valence-electron chi connectivity index (χ3n) is 8.06. The second kappa shape index (κ2) is 9.35. The van der Waals surface area contributed by atoms with Crippen LogP contribution in [0.15, 0.2) is 108 Å². The Labute approximate surface area is 240 Å². The summed E-state index contributed by atoms with van der Waals surface area (Å²) in [5.41, 5.74) is 7.91. The first kappa shape index (κ1) is 25.8. The Morgan fingerprint density at radius 3 is 1.33 bits per heavy atom. The summed E-state index contributed by atoms with van der Waals surface area (Å²) in [6.45, 7) is 13.6. The van der Waals surface area contributed by atoms with Gasteiger partial charge in [0, 0.05) is 10.0 Å². The van der Waals surface area contributed by atoms with Crippen molar-refractivity contribution in [3.05, 3.63) is 119 Å². The molecule has 0 spiro atoms. The number of halogens is 1. The van der Waals surface area contributed by atoms with Crippen molar-refractivity contribution in [2.75, 3.05) is 0 Å². The zero-order chi connectivity index (χ0) is 27.5. The summed E-state index contributed by atoms with van der Waals surface area (Å²) in [5, 5.41) is 7.78. The van der Waals surface area contributed by atoms with E-state index in [1.165, 1.54) is 65.7 Å². The Hall–Kier alpha value is -3.42. The van der Waals surface area contributed by atoms with Crippen molar-refractivity contribution >= 4 is 48.2 Å². The lowest BCUT2D eigenvalue weighted by atomic mass is 9.83. The average molecular weight is 572 g/mol. The van der Waals surface area contributed by atoms with E-state index in [2.05, 4.69) is 161 Å². The lowest BCUT2D eigenvalue weighted by molar-refractivity contribution is 0.590. The molecular formula is C38H35Br. The van der Waals surface area contributed by atoms with Crippen LogP contribution in [0.4, 0.5) is 0 Å². The Morgan fingerprint density at radius 2 is 0.872 bits per heavy atom. The minimum absolute atomic E-state index is 0.115. The van der Waals surface area contributed by atoms with Gasteiger partial charge in [-0.2, -0.15) is 0 Å². The van der Waals surface area contributed by atoms with E-state index in [9.17, 15) is 0 Å². The lowest BCUT2D eigenvalue weighted by Gasteiger charge is -2.22. The molecule has 194 valence electrons. The van der Waals surface area contributed by atoms with Gasteiger partial charge in [0.15, 0.2) is 0 Å². The van der Waals surface area contributed by atoms with Crippen molar-refractivity contribution in [3.8, 4) is 22.3 Å². The number of fused-ring (bicyclic) bond motifs is 6. The molecular weight excluding hydrogens is 536 g/mol. The average Bonchev–Trinajstić information content (AvgIpc) is 2.92. The maximum absolute atomic E-state index is 4.06. The molecule has 0 aliphatic rings. The molecule has 1 heteroatoms. The highest BCUT2D eigenvalue weighted by Gasteiger charge is 2.21. The molecule has 0 atom stereocenters. The minimum atomic E-state index is 0.115. The van der Waals surface area contributed by atoms with Crippen LogP contribution in [0.3, 0.4) is 0 Å². The van der Waals surface area contributed by atoms with Crippen LogP contribution in [-0.2, 0) is 10.8 Å². The highest BCUT2D eigenvalue weighted by molar-refractivity contribution is 9.10. The molecule has 0 fully saturated rings. The first-order valence-electron chi connectivity index (χ1n) is 13.8. The third kappa shape index (κ3) is 4.47. The lowest BCUT2D eigenvalue weighted by Crippen LogP contribution is -2.10. The van der Waals surface area contributed by atoms with Crippen molar-refractivity contribution in [1.29, 1.82) is 0 Å². The van der Waals surface area contributed by atoms with Crippen LogP contribution >= 0.6 is 15.9 Å². The molecule has 0 amide bonds. The monoisotopic (exact) mass is 570 g/mol. The molecule has 6 aromatic rings. The highest BCUT2D eigenvalue weighted by atomic mass is 79.9. The van der Waals surface area contributed by atoms with Crippen molar-refractivity contribution in [3.63, 3.8) is 0 Å². The smallest absolute Gasteiger partial charge is 0.0266 e. The first-order chi connectivity index (χ1) is 18.5. The molecule has 0 radical (unpaired) electrons. The molecule has 0 bridgehead atoms. The zero-order valence-corrected chi connectivity index (χ0v) is 25.3. The van der Waals surface area contributed by atoms with Gasteiger partial charge in [-0.05, 0) is 77.0 Å². The molecule has 0 saturated carbocycles. The fraction of sp³-hybridized carbons (Fsp3) is 0.211. The van der Waals surface area contributed by atoms with Gasteiger partial charge < -0.3 is 0 Å². The van der Waals surface area contributed by atoms with Gasteiger partial charge in [0.2, 0.25) is 0 Å².